The molecular formula is C14H22F2N3O7PS2. The van der Waals surface area contributed by atoms with E-state index in [9.17, 15) is 26.6 Å². The molecule has 1 aromatic heterocycles. The van der Waals surface area contributed by atoms with Crippen molar-refractivity contribution in [2.75, 3.05) is 18.6 Å². The molecule has 0 unspecified atom stereocenters. The van der Waals surface area contributed by atoms with Gasteiger partial charge >= 0.3 is 13.3 Å². The Hall–Kier alpha value is -1.67. The van der Waals surface area contributed by atoms with Gasteiger partial charge in [0.25, 0.3) is 0 Å². The molecule has 10 N–H and O–H groups in total. The number of thiophene rings is 1. The summed E-state index contributed by atoms with van der Waals surface area (Å²) in [7, 11) is -8.97. The van der Waals surface area contributed by atoms with Gasteiger partial charge in [0.2, 0.25) is 5.91 Å². The summed E-state index contributed by atoms with van der Waals surface area (Å²) in [6.45, 7) is -0.0769. The van der Waals surface area contributed by atoms with E-state index in [0.29, 0.717) is 11.3 Å². The molecule has 15 heteroatoms. The van der Waals surface area contributed by atoms with Crippen LogP contribution in [0, 0.1) is 0 Å². The van der Waals surface area contributed by atoms with Gasteiger partial charge in [-0.3, -0.25) is 9.36 Å². The van der Waals surface area contributed by atoms with Crippen molar-refractivity contribution < 1.29 is 41.1 Å². The number of hydrogen-bond acceptors (Lipinski definition) is 8. The van der Waals surface area contributed by atoms with Gasteiger partial charge in [0.1, 0.15) is 15.6 Å². The Morgan fingerprint density at radius 1 is 1.28 bits per heavy atom. The van der Waals surface area contributed by atoms with Crippen LogP contribution in [0.25, 0.3) is 10.1 Å². The van der Waals surface area contributed by atoms with Gasteiger partial charge in [0.05, 0.1) is 21.9 Å². The summed E-state index contributed by atoms with van der Waals surface area (Å²) in [5, 5.41) is 0.0949. The van der Waals surface area contributed by atoms with Crippen LogP contribution in [0.1, 0.15) is 21.7 Å². The fourth-order valence-electron chi connectivity index (χ4n) is 2.17. The van der Waals surface area contributed by atoms with Crippen LogP contribution in [0.3, 0.4) is 0 Å². The second-order valence-corrected chi connectivity index (χ2v) is 10.7. The van der Waals surface area contributed by atoms with E-state index in [1.165, 1.54) is 12.1 Å². The Morgan fingerprint density at radius 3 is 2.34 bits per heavy atom. The van der Waals surface area contributed by atoms with Gasteiger partial charge in [-0.2, -0.15) is 8.78 Å². The van der Waals surface area contributed by atoms with Crippen LogP contribution in [-0.2, 0) is 20.1 Å². The molecule has 166 valence electrons. The van der Waals surface area contributed by atoms with Crippen molar-refractivity contribution in [3.05, 3.63) is 28.6 Å². The Bertz CT molecular complexity index is 1040. The van der Waals surface area contributed by atoms with Gasteiger partial charge in [-0.15, -0.1) is 11.3 Å². The van der Waals surface area contributed by atoms with Crippen LogP contribution in [0.15, 0.2) is 18.2 Å². The number of carbonyl (C=O) groups is 1. The number of fused-ring (bicyclic) bond motifs is 1. The SMILES string of the molecule is CS(=O)(=O)CCCOc1cc(C(N)=O)cc2cc(C(F)(F)P(=O)(O)O)sc12.N.N. The first-order chi connectivity index (χ1) is 12.2. The largest absolute Gasteiger partial charge is 0.492 e. The summed E-state index contributed by atoms with van der Waals surface area (Å²) in [6, 6.07) is 3.27. The molecule has 0 saturated carbocycles. The van der Waals surface area contributed by atoms with E-state index in [1.807, 2.05) is 0 Å². The zero-order valence-corrected chi connectivity index (χ0v) is 17.8. The third-order valence-corrected chi connectivity index (χ3v) is 6.84. The molecule has 0 bridgehead atoms. The zero-order valence-electron chi connectivity index (χ0n) is 15.3. The van der Waals surface area contributed by atoms with Crippen molar-refractivity contribution in [1.82, 2.24) is 12.3 Å². The van der Waals surface area contributed by atoms with Gasteiger partial charge < -0.3 is 32.6 Å². The van der Waals surface area contributed by atoms with Gasteiger partial charge in [0, 0.05) is 11.8 Å². The maximum absolute atomic E-state index is 14.0. The number of benzene rings is 1. The Balaban J connectivity index is 0.00000392. The molecule has 0 aliphatic rings. The molecule has 0 saturated heterocycles. The molecular weight excluding hydrogens is 455 g/mol. The molecule has 0 radical (unpaired) electrons. The number of ether oxygens (including phenoxy) is 1. The van der Waals surface area contributed by atoms with Crippen LogP contribution < -0.4 is 22.8 Å². The zero-order chi connectivity index (χ0) is 20.6. The van der Waals surface area contributed by atoms with Crippen molar-refractivity contribution >= 4 is 44.8 Å². The number of rotatable bonds is 8. The number of amides is 1. The average Bonchev–Trinajstić information content (AvgIpc) is 2.93. The van der Waals surface area contributed by atoms with Crippen molar-refractivity contribution in [2.24, 2.45) is 5.73 Å². The number of halogens is 2. The van der Waals surface area contributed by atoms with E-state index >= 15 is 0 Å². The van der Waals surface area contributed by atoms with E-state index in [1.54, 1.807) is 0 Å². The third-order valence-electron chi connectivity index (χ3n) is 3.45. The van der Waals surface area contributed by atoms with E-state index in [0.717, 1.165) is 12.3 Å². The highest BCUT2D eigenvalue weighted by atomic mass is 32.2. The van der Waals surface area contributed by atoms with E-state index in [4.69, 9.17) is 20.3 Å². The van der Waals surface area contributed by atoms with Gasteiger partial charge in [-0.05, 0) is 30.0 Å². The molecule has 1 amide bonds. The molecule has 0 fully saturated rings. The highest BCUT2D eigenvalue weighted by molar-refractivity contribution is 7.90. The van der Waals surface area contributed by atoms with E-state index < -0.39 is 33.9 Å². The first-order valence-corrected chi connectivity index (χ1v) is 11.8. The molecule has 2 rings (SSSR count). The topological polar surface area (TPSA) is 214 Å². The van der Waals surface area contributed by atoms with Crippen molar-refractivity contribution in [3.8, 4) is 5.75 Å². The Labute approximate surface area is 169 Å². The van der Waals surface area contributed by atoms with Crippen molar-refractivity contribution in [1.29, 1.82) is 0 Å². The lowest BCUT2D eigenvalue weighted by molar-refractivity contribution is 0.0602. The molecule has 0 spiro atoms. The predicted octanol–water partition coefficient (Wildman–Crippen LogP) is 2.36. The molecule has 29 heavy (non-hydrogen) atoms. The first-order valence-electron chi connectivity index (χ1n) is 7.34. The summed E-state index contributed by atoms with van der Waals surface area (Å²) in [5.74, 6) is -1.02. The fraction of sp³-hybridized carbons (Fsp3) is 0.357. The Kier molecular flexibility index (Phi) is 8.89. The normalized spacial score (nSPS) is 12.2. The fourth-order valence-corrected chi connectivity index (χ4v) is 4.64. The maximum atomic E-state index is 14.0. The second-order valence-electron chi connectivity index (χ2n) is 5.78. The van der Waals surface area contributed by atoms with Crippen LogP contribution in [0.4, 0.5) is 8.78 Å². The first kappa shape index (κ1) is 27.3. The third kappa shape index (κ3) is 6.40. The standard InChI is InChI=1S/C14H16F2NO7PS2.2H3N/c1-27(22,23)4-2-3-24-10-6-9(13(17)18)5-8-7-11(26-12(8)10)14(15,16)25(19,20)21;;/h5-7H,2-4H2,1H3,(H2,17,18)(H2,19,20,21);2*1H3. The average molecular weight is 477 g/mol. The number of primary amides is 1. The maximum Gasteiger partial charge on any atom is 0.400 e. The summed E-state index contributed by atoms with van der Waals surface area (Å²) in [4.78, 5) is 28.3. The highest BCUT2D eigenvalue weighted by Crippen LogP contribution is 2.61. The molecule has 0 aliphatic heterocycles. The summed E-state index contributed by atoms with van der Waals surface area (Å²) in [6.07, 6.45) is 1.17. The molecule has 2 aromatic rings. The lowest BCUT2D eigenvalue weighted by atomic mass is 10.1. The molecule has 0 aliphatic carbocycles. The van der Waals surface area contributed by atoms with E-state index in [-0.39, 0.29) is 52.5 Å². The lowest BCUT2D eigenvalue weighted by Crippen LogP contribution is -2.11. The predicted molar refractivity (Wildman–Crippen MR) is 106 cm³/mol. The lowest BCUT2D eigenvalue weighted by Gasteiger charge is -2.15. The van der Waals surface area contributed by atoms with Crippen molar-refractivity contribution in [2.45, 2.75) is 12.1 Å². The molecule has 10 nitrogen and oxygen atoms in total. The number of carbonyl (C=O) groups excluding carboxylic acids is 1. The minimum Gasteiger partial charge on any atom is -0.492 e. The minimum absolute atomic E-state index is 0. The Morgan fingerprint density at radius 2 is 1.86 bits per heavy atom. The summed E-state index contributed by atoms with van der Waals surface area (Å²) < 4.78 is 66.9. The van der Waals surface area contributed by atoms with Crippen LogP contribution in [-0.4, -0.2) is 42.7 Å². The quantitative estimate of drug-likeness (QED) is 0.278. The van der Waals surface area contributed by atoms with Gasteiger partial charge in [-0.25, -0.2) is 8.42 Å². The van der Waals surface area contributed by atoms with Gasteiger partial charge in [0.15, 0.2) is 0 Å². The number of alkyl halides is 2. The second kappa shape index (κ2) is 9.43. The van der Waals surface area contributed by atoms with Crippen LogP contribution in [0.5, 0.6) is 5.75 Å². The summed E-state index contributed by atoms with van der Waals surface area (Å²) >= 11 is 0.404. The van der Waals surface area contributed by atoms with Crippen molar-refractivity contribution in [3.63, 3.8) is 0 Å². The smallest absolute Gasteiger partial charge is 0.400 e. The van der Waals surface area contributed by atoms with Crippen LogP contribution >= 0.6 is 18.9 Å². The number of nitrogens with two attached hydrogens (primary N) is 1. The number of sulfone groups is 1. The highest BCUT2D eigenvalue weighted by Gasteiger charge is 2.51. The van der Waals surface area contributed by atoms with Crippen LogP contribution in [0.2, 0.25) is 0 Å². The summed E-state index contributed by atoms with van der Waals surface area (Å²) in [5.41, 5.74) is 0.747. The van der Waals surface area contributed by atoms with Gasteiger partial charge in [-0.1, -0.05) is 0 Å². The molecule has 1 aromatic carbocycles. The number of hydrogen-bond donors (Lipinski definition) is 5. The molecule has 0 atom stereocenters. The molecule has 1 heterocycles. The van der Waals surface area contributed by atoms with E-state index in [2.05, 4.69) is 0 Å². The minimum atomic E-state index is -5.76. The monoisotopic (exact) mass is 477 g/mol.